The number of benzene rings is 1. The van der Waals surface area contributed by atoms with E-state index < -0.39 is 58.2 Å². The lowest BCUT2D eigenvalue weighted by Gasteiger charge is -2.32. The zero-order chi connectivity index (χ0) is 36.4. The first-order chi connectivity index (χ1) is 22.6. The predicted molar refractivity (Wildman–Crippen MR) is 186 cm³/mol. The summed E-state index contributed by atoms with van der Waals surface area (Å²) >= 11 is 0. The molecule has 0 aliphatic carbocycles. The van der Waals surface area contributed by atoms with Gasteiger partial charge in [0.25, 0.3) is 10.0 Å². The van der Waals surface area contributed by atoms with Crippen LogP contribution in [0.1, 0.15) is 80.5 Å². The molecule has 0 N–H and O–H groups in total. The van der Waals surface area contributed by atoms with Crippen LogP contribution in [-0.4, -0.2) is 70.8 Å². The van der Waals surface area contributed by atoms with Crippen LogP contribution in [0.4, 0.5) is 10.6 Å². The van der Waals surface area contributed by atoms with Crippen LogP contribution in [0.5, 0.6) is 0 Å². The summed E-state index contributed by atoms with van der Waals surface area (Å²) in [5, 5.41) is -0.125. The highest BCUT2D eigenvalue weighted by atomic mass is 32.2. The third kappa shape index (κ3) is 9.87. The molecule has 1 aliphatic rings. The van der Waals surface area contributed by atoms with Crippen LogP contribution in [-0.2, 0) is 46.7 Å². The Kier molecular flexibility index (Phi) is 11.0. The number of nitrogens with zero attached hydrogens (tertiary/aromatic N) is 4. The van der Waals surface area contributed by atoms with Crippen LogP contribution < -0.4 is 10.4 Å². The summed E-state index contributed by atoms with van der Waals surface area (Å²) in [5.41, 5.74) is -0.807. The first-order valence-electron chi connectivity index (χ1n) is 16.1. The molecule has 3 aromatic rings. The molecule has 0 saturated carbocycles. The number of rotatable bonds is 10. The van der Waals surface area contributed by atoms with E-state index in [2.05, 4.69) is 9.97 Å². The first-order valence-corrected chi connectivity index (χ1v) is 17.5. The minimum Gasteiger partial charge on any atom is -0.459 e. The maximum Gasteiger partial charge on any atom is 0.494 e. The quantitative estimate of drug-likeness (QED) is 0.204. The molecule has 12 nitrogen and oxygen atoms in total. The lowest BCUT2D eigenvalue weighted by atomic mass is 9.79. The van der Waals surface area contributed by atoms with Crippen LogP contribution in [0.15, 0.2) is 71.9 Å². The number of esters is 1. The highest BCUT2D eigenvalue weighted by molar-refractivity contribution is 7.89. The van der Waals surface area contributed by atoms with Gasteiger partial charge in [0.2, 0.25) is 0 Å². The molecule has 3 heterocycles. The fourth-order valence-corrected chi connectivity index (χ4v) is 6.10. The summed E-state index contributed by atoms with van der Waals surface area (Å²) in [6, 6.07) is 16.9. The van der Waals surface area contributed by atoms with Gasteiger partial charge in [0, 0.05) is 12.7 Å². The number of amides is 1. The molecular weight excluding hydrogens is 647 g/mol. The van der Waals surface area contributed by atoms with Crippen molar-refractivity contribution in [2.45, 2.75) is 110 Å². The van der Waals surface area contributed by atoms with E-state index in [9.17, 15) is 18.0 Å². The van der Waals surface area contributed by atoms with Crippen molar-refractivity contribution < 1.29 is 36.8 Å². The number of ether oxygens (including phenoxy) is 2. The number of anilines is 1. The van der Waals surface area contributed by atoms with Crippen LogP contribution in [0.25, 0.3) is 0 Å². The standard InChI is InChI=1S/C35H47BN4O8S/c1-32(2,3)45-30(41)24-40(31(42)46-33(4,5)6)28-15-13-14-27(38-28)23-39(49(43,44)29-16-11-12-21-37-29)22-25-17-19-26(20-18-25)36-47-34(7,8)35(9,10)48-36/h11-21H,22-24H2,1-10H3. The van der Waals surface area contributed by atoms with Crippen molar-refractivity contribution in [2.75, 3.05) is 11.4 Å². The molecular formula is C35H47BN4O8S. The number of aromatic nitrogens is 2. The van der Waals surface area contributed by atoms with E-state index in [-0.39, 0.29) is 23.9 Å². The Morgan fingerprint density at radius 1 is 0.816 bits per heavy atom. The second-order valence-electron chi connectivity index (χ2n) is 14.9. The van der Waals surface area contributed by atoms with Crippen molar-refractivity contribution in [3.63, 3.8) is 0 Å². The zero-order valence-electron chi connectivity index (χ0n) is 30.0. The zero-order valence-corrected chi connectivity index (χ0v) is 30.8. The Hall–Kier alpha value is -3.85. The summed E-state index contributed by atoms with van der Waals surface area (Å²) in [6.45, 7) is 17.6. The number of pyridine rings is 2. The van der Waals surface area contributed by atoms with Gasteiger partial charge in [-0.1, -0.05) is 36.4 Å². The molecule has 2 aromatic heterocycles. The molecule has 0 atom stereocenters. The molecule has 1 aromatic carbocycles. The van der Waals surface area contributed by atoms with E-state index in [0.717, 1.165) is 10.4 Å². The van der Waals surface area contributed by atoms with Crippen LogP contribution in [0, 0.1) is 0 Å². The number of hydrogen-bond donors (Lipinski definition) is 0. The maximum absolute atomic E-state index is 14.0. The molecule has 1 aliphatic heterocycles. The molecule has 14 heteroatoms. The van der Waals surface area contributed by atoms with Crippen LogP contribution >= 0.6 is 0 Å². The van der Waals surface area contributed by atoms with Crippen molar-refractivity contribution in [1.29, 1.82) is 0 Å². The summed E-state index contributed by atoms with van der Waals surface area (Å²) in [6.07, 6.45) is 0.613. The van der Waals surface area contributed by atoms with Gasteiger partial charge >= 0.3 is 19.2 Å². The third-order valence-electron chi connectivity index (χ3n) is 7.83. The van der Waals surface area contributed by atoms with Gasteiger partial charge in [-0.15, -0.1) is 0 Å². The van der Waals surface area contributed by atoms with Gasteiger partial charge in [0.1, 0.15) is 23.6 Å². The molecule has 1 fully saturated rings. The Balaban J connectivity index is 1.65. The number of carbonyl (C=O) groups is 2. The molecule has 0 unspecified atom stereocenters. The van der Waals surface area contributed by atoms with Gasteiger partial charge in [-0.2, -0.15) is 4.31 Å². The smallest absolute Gasteiger partial charge is 0.459 e. The normalized spacial score (nSPS) is 16.0. The van der Waals surface area contributed by atoms with Crippen molar-refractivity contribution in [3.05, 3.63) is 78.1 Å². The highest BCUT2D eigenvalue weighted by Gasteiger charge is 2.51. The van der Waals surface area contributed by atoms with E-state index in [0.29, 0.717) is 11.3 Å². The summed E-state index contributed by atoms with van der Waals surface area (Å²) in [5.74, 6) is -0.562. The van der Waals surface area contributed by atoms with Crippen LogP contribution in [0.2, 0.25) is 0 Å². The second-order valence-corrected chi connectivity index (χ2v) is 16.8. The molecule has 4 rings (SSSR count). The summed E-state index contributed by atoms with van der Waals surface area (Å²) in [7, 11) is -4.68. The molecule has 0 radical (unpaired) electrons. The van der Waals surface area contributed by atoms with E-state index >= 15 is 0 Å². The summed E-state index contributed by atoms with van der Waals surface area (Å²) < 4.78 is 52.6. The minimum atomic E-state index is -4.11. The van der Waals surface area contributed by atoms with Crippen LogP contribution in [0.3, 0.4) is 0 Å². The molecule has 264 valence electrons. The van der Waals surface area contributed by atoms with E-state index in [1.54, 1.807) is 71.9 Å². The Morgan fingerprint density at radius 2 is 1.43 bits per heavy atom. The first kappa shape index (κ1) is 38.0. The van der Waals surface area contributed by atoms with Crippen molar-refractivity contribution in [3.8, 4) is 0 Å². The topological polar surface area (TPSA) is 137 Å². The Labute approximate surface area is 290 Å². The number of sulfonamides is 1. The van der Waals surface area contributed by atoms with Gasteiger partial charge in [0.05, 0.1) is 23.4 Å². The predicted octanol–water partition coefficient (Wildman–Crippen LogP) is 5.25. The molecule has 1 saturated heterocycles. The molecule has 0 bridgehead atoms. The van der Waals surface area contributed by atoms with E-state index in [1.807, 2.05) is 52.0 Å². The number of hydrogen-bond acceptors (Lipinski definition) is 10. The van der Waals surface area contributed by atoms with E-state index in [4.69, 9.17) is 18.8 Å². The maximum atomic E-state index is 14.0. The summed E-state index contributed by atoms with van der Waals surface area (Å²) in [4.78, 5) is 35.9. The van der Waals surface area contributed by atoms with Crippen molar-refractivity contribution in [2.24, 2.45) is 0 Å². The van der Waals surface area contributed by atoms with Gasteiger partial charge in [-0.3, -0.25) is 9.69 Å². The third-order valence-corrected chi connectivity index (χ3v) is 9.54. The highest BCUT2D eigenvalue weighted by Crippen LogP contribution is 2.36. The monoisotopic (exact) mass is 694 g/mol. The van der Waals surface area contributed by atoms with Gasteiger partial charge < -0.3 is 18.8 Å². The lowest BCUT2D eigenvalue weighted by molar-refractivity contribution is -0.153. The number of carbonyl (C=O) groups excluding carboxylic acids is 2. The fraction of sp³-hybridized carbons (Fsp3) is 0.486. The molecule has 49 heavy (non-hydrogen) atoms. The minimum absolute atomic E-state index is 0.0118. The fourth-order valence-electron chi connectivity index (χ4n) is 4.77. The Morgan fingerprint density at radius 3 is 1.98 bits per heavy atom. The van der Waals surface area contributed by atoms with E-state index in [1.165, 1.54) is 16.6 Å². The average Bonchev–Trinajstić information content (AvgIpc) is 3.20. The lowest BCUT2D eigenvalue weighted by Crippen LogP contribution is -2.42. The van der Waals surface area contributed by atoms with Gasteiger partial charge in [-0.05, 0) is 105 Å². The molecule has 1 amide bonds. The largest absolute Gasteiger partial charge is 0.494 e. The van der Waals surface area contributed by atoms with Gasteiger partial charge in [-0.25, -0.2) is 23.2 Å². The average molecular weight is 695 g/mol. The van der Waals surface area contributed by atoms with Gasteiger partial charge in [0.15, 0.2) is 5.03 Å². The second kappa shape index (κ2) is 14.2. The Bertz CT molecular complexity index is 1720. The van der Waals surface area contributed by atoms with Crippen molar-refractivity contribution >= 4 is 40.5 Å². The molecule has 0 spiro atoms. The van der Waals surface area contributed by atoms with Crippen molar-refractivity contribution in [1.82, 2.24) is 14.3 Å². The SMILES string of the molecule is CC(C)(C)OC(=O)CN(C(=O)OC(C)(C)C)c1cccc(CN(Cc2ccc(B3OC(C)(C)C(C)(C)O3)cc2)S(=O)(=O)c2ccccn2)n1.